The Morgan fingerprint density at radius 3 is 2.27 bits per heavy atom. The molecule has 1 atom stereocenters. The van der Waals surface area contributed by atoms with Crippen molar-refractivity contribution in [1.82, 2.24) is 0 Å². The van der Waals surface area contributed by atoms with Crippen LogP contribution in [0.2, 0.25) is 0 Å². The lowest BCUT2D eigenvalue weighted by Gasteiger charge is -2.15. The summed E-state index contributed by atoms with van der Waals surface area (Å²) in [7, 11) is 0. The number of rotatable bonds is 3. The molecule has 1 nitrogen and oxygen atoms in total. The second-order valence-electron chi connectivity index (χ2n) is 2.33. The molecule has 0 aromatic rings. The van der Waals surface area contributed by atoms with Crippen LogP contribution < -0.4 is 0 Å². The van der Waals surface area contributed by atoms with Gasteiger partial charge in [-0.2, -0.15) is 13.2 Å². The Hall–Kier alpha value is -0.510. The molecule has 4 heteroatoms. The fraction of sp³-hybridized carbons (Fsp3) is 0.714. The normalized spacial score (nSPS) is 14.6. The second kappa shape index (κ2) is 3.76. The van der Waals surface area contributed by atoms with Crippen molar-refractivity contribution in [3.63, 3.8) is 0 Å². The van der Waals surface area contributed by atoms with E-state index in [1.807, 2.05) is 0 Å². The third-order valence-corrected chi connectivity index (χ3v) is 1.33. The van der Waals surface area contributed by atoms with Gasteiger partial charge >= 0.3 is 6.18 Å². The molecule has 0 aliphatic heterocycles. The average Bonchev–Trinajstić information content (AvgIpc) is 1.85. The van der Waals surface area contributed by atoms with Crippen LogP contribution in [0.4, 0.5) is 13.2 Å². The van der Waals surface area contributed by atoms with Crippen LogP contribution >= 0.6 is 0 Å². The van der Waals surface area contributed by atoms with Crippen LogP contribution in [0.25, 0.3) is 0 Å². The van der Waals surface area contributed by atoms with Crippen molar-refractivity contribution < 1.29 is 18.3 Å². The Labute approximate surface area is 63.5 Å². The zero-order valence-electron chi connectivity index (χ0n) is 6.28. The molecule has 66 valence electrons. The van der Waals surface area contributed by atoms with Gasteiger partial charge in [-0.25, -0.2) is 0 Å². The number of halogens is 3. The van der Waals surface area contributed by atoms with Crippen molar-refractivity contribution in [2.75, 3.05) is 0 Å². The maximum atomic E-state index is 11.8. The van der Waals surface area contributed by atoms with Crippen LogP contribution in [0.5, 0.6) is 0 Å². The summed E-state index contributed by atoms with van der Waals surface area (Å²) in [6.45, 7) is 4.47. The number of hydrogen-bond donors (Lipinski definition) is 1. The van der Waals surface area contributed by atoms with Crippen molar-refractivity contribution in [2.45, 2.75) is 32.0 Å². The highest BCUT2D eigenvalue weighted by molar-refractivity contribution is 5.08. The number of alkyl halides is 3. The van der Waals surface area contributed by atoms with Crippen LogP contribution in [0.15, 0.2) is 12.2 Å². The summed E-state index contributed by atoms with van der Waals surface area (Å²) in [4.78, 5) is 0. The first kappa shape index (κ1) is 10.5. The van der Waals surface area contributed by atoms with Gasteiger partial charge in [-0.3, -0.25) is 0 Å². The molecule has 0 radical (unpaired) electrons. The molecule has 0 fully saturated rings. The standard InChI is InChI=1S/C7H11F3O/c1-3-4-6(11)5(2)7(8,9)10/h6,11H,2-4H2,1H3. The van der Waals surface area contributed by atoms with Gasteiger partial charge in [0.1, 0.15) is 0 Å². The van der Waals surface area contributed by atoms with E-state index in [-0.39, 0.29) is 6.42 Å². The molecule has 0 aromatic heterocycles. The Kier molecular flexibility index (Phi) is 3.58. The predicted molar refractivity (Wildman–Crippen MR) is 36.1 cm³/mol. The highest BCUT2D eigenvalue weighted by Gasteiger charge is 2.35. The summed E-state index contributed by atoms with van der Waals surface area (Å²) in [5.41, 5.74) is -1.06. The van der Waals surface area contributed by atoms with Gasteiger partial charge in [-0.1, -0.05) is 19.9 Å². The molecule has 1 unspecified atom stereocenters. The zero-order chi connectivity index (χ0) is 9.07. The summed E-state index contributed by atoms with van der Waals surface area (Å²) < 4.78 is 35.3. The second-order valence-corrected chi connectivity index (χ2v) is 2.33. The minimum atomic E-state index is -4.46. The Morgan fingerprint density at radius 2 is 2.00 bits per heavy atom. The smallest absolute Gasteiger partial charge is 0.388 e. The minimum absolute atomic E-state index is 0.109. The van der Waals surface area contributed by atoms with Crippen molar-refractivity contribution in [3.05, 3.63) is 12.2 Å². The quantitative estimate of drug-likeness (QED) is 0.641. The van der Waals surface area contributed by atoms with E-state index in [0.29, 0.717) is 6.42 Å². The molecule has 0 saturated heterocycles. The Balaban J connectivity index is 4.03. The maximum absolute atomic E-state index is 11.8. The van der Waals surface area contributed by atoms with Gasteiger partial charge < -0.3 is 5.11 Å². The molecule has 0 aliphatic carbocycles. The SMILES string of the molecule is C=C(C(O)CCC)C(F)(F)F. The molecular formula is C7H11F3O. The number of hydrogen-bond acceptors (Lipinski definition) is 1. The van der Waals surface area contributed by atoms with E-state index in [4.69, 9.17) is 5.11 Å². The molecule has 0 aliphatic rings. The molecule has 0 spiro atoms. The molecule has 0 saturated carbocycles. The summed E-state index contributed by atoms with van der Waals surface area (Å²) in [6, 6.07) is 0. The largest absolute Gasteiger partial charge is 0.414 e. The number of aliphatic hydroxyl groups excluding tert-OH is 1. The molecular weight excluding hydrogens is 157 g/mol. The summed E-state index contributed by atoms with van der Waals surface area (Å²) in [5, 5.41) is 8.83. The number of aliphatic hydroxyl groups is 1. The van der Waals surface area contributed by atoms with Gasteiger partial charge in [0.05, 0.1) is 11.7 Å². The van der Waals surface area contributed by atoms with Crippen LogP contribution in [0, 0.1) is 0 Å². The molecule has 11 heavy (non-hydrogen) atoms. The van der Waals surface area contributed by atoms with E-state index in [1.54, 1.807) is 6.92 Å². The van der Waals surface area contributed by atoms with E-state index >= 15 is 0 Å². The van der Waals surface area contributed by atoms with Crippen molar-refractivity contribution >= 4 is 0 Å². The topological polar surface area (TPSA) is 20.2 Å². The van der Waals surface area contributed by atoms with Crippen molar-refractivity contribution in [1.29, 1.82) is 0 Å². The molecule has 0 amide bonds. The lowest BCUT2D eigenvalue weighted by Crippen LogP contribution is -2.22. The summed E-state index contributed by atoms with van der Waals surface area (Å²) >= 11 is 0. The maximum Gasteiger partial charge on any atom is 0.414 e. The Morgan fingerprint density at radius 1 is 1.55 bits per heavy atom. The fourth-order valence-electron chi connectivity index (χ4n) is 0.637. The third-order valence-electron chi connectivity index (χ3n) is 1.33. The van der Waals surface area contributed by atoms with E-state index in [1.165, 1.54) is 0 Å². The first-order chi connectivity index (χ1) is 4.89. The van der Waals surface area contributed by atoms with Crippen molar-refractivity contribution in [2.24, 2.45) is 0 Å². The molecule has 1 N–H and O–H groups in total. The first-order valence-electron chi connectivity index (χ1n) is 3.33. The fourth-order valence-corrected chi connectivity index (χ4v) is 0.637. The monoisotopic (exact) mass is 168 g/mol. The lowest BCUT2D eigenvalue weighted by molar-refractivity contribution is -0.105. The van der Waals surface area contributed by atoms with Crippen LogP contribution in [0.1, 0.15) is 19.8 Å². The van der Waals surface area contributed by atoms with Gasteiger partial charge in [-0.05, 0) is 6.42 Å². The minimum Gasteiger partial charge on any atom is -0.388 e. The summed E-state index contributed by atoms with van der Waals surface area (Å²) in [6.07, 6.45) is -5.29. The van der Waals surface area contributed by atoms with Crippen LogP contribution in [-0.4, -0.2) is 17.4 Å². The Bertz CT molecular complexity index is 139. The van der Waals surface area contributed by atoms with E-state index in [9.17, 15) is 13.2 Å². The van der Waals surface area contributed by atoms with Gasteiger partial charge in [0.15, 0.2) is 0 Å². The molecule has 0 rings (SSSR count). The van der Waals surface area contributed by atoms with Gasteiger partial charge in [-0.15, -0.1) is 0 Å². The lowest BCUT2D eigenvalue weighted by atomic mass is 10.1. The first-order valence-corrected chi connectivity index (χ1v) is 3.33. The van der Waals surface area contributed by atoms with Crippen LogP contribution in [-0.2, 0) is 0 Å². The third kappa shape index (κ3) is 3.41. The predicted octanol–water partition coefficient (Wildman–Crippen LogP) is 2.27. The van der Waals surface area contributed by atoms with E-state index in [0.717, 1.165) is 0 Å². The molecule has 0 bridgehead atoms. The molecule has 0 heterocycles. The highest BCUT2D eigenvalue weighted by Crippen LogP contribution is 2.27. The van der Waals surface area contributed by atoms with Gasteiger partial charge in [0.2, 0.25) is 0 Å². The van der Waals surface area contributed by atoms with Gasteiger partial charge in [0.25, 0.3) is 0 Å². The van der Waals surface area contributed by atoms with E-state index < -0.39 is 17.9 Å². The van der Waals surface area contributed by atoms with Gasteiger partial charge in [0, 0.05) is 0 Å². The van der Waals surface area contributed by atoms with Crippen molar-refractivity contribution in [3.8, 4) is 0 Å². The highest BCUT2D eigenvalue weighted by atomic mass is 19.4. The summed E-state index contributed by atoms with van der Waals surface area (Å²) in [5.74, 6) is 0. The van der Waals surface area contributed by atoms with Crippen LogP contribution in [0.3, 0.4) is 0 Å². The average molecular weight is 168 g/mol. The zero-order valence-corrected chi connectivity index (χ0v) is 6.28. The van der Waals surface area contributed by atoms with E-state index in [2.05, 4.69) is 6.58 Å². The molecule has 0 aromatic carbocycles.